The maximum absolute atomic E-state index is 6.06. The summed E-state index contributed by atoms with van der Waals surface area (Å²) in [5, 5.41) is 0. The summed E-state index contributed by atoms with van der Waals surface area (Å²) < 4.78 is 18.2. The SMILES string of the molecule is CC(C)(C)C12COC(c3ccc(C#C[Si](C)(C)C)cc3)(OC1)OC2. The highest BCUT2D eigenvalue weighted by Gasteiger charge is 2.57. The van der Waals surface area contributed by atoms with Crippen molar-refractivity contribution in [3.05, 3.63) is 35.4 Å². The van der Waals surface area contributed by atoms with Gasteiger partial charge in [0.2, 0.25) is 0 Å². The van der Waals surface area contributed by atoms with Crippen LogP contribution in [0.1, 0.15) is 31.9 Å². The van der Waals surface area contributed by atoms with Crippen molar-refractivity contribution in [2.75, 3.05) is 19.8 Å². The molecular weight excluding hydrogens is 316 g/mol. The molecule has 3 aliphatic rings. The van der Waals surface area contributed by atoms with E-state index in [2.05, 4.69) is 51.9 Å². The fourth-order valence-electron chi connectivity index (χ4n) is 2.87. The molecule has 0 saturated carbocycles. The topological polar surface area (TPSA) is 27.7 Å². The normalized spacial score (nSPS) is 29.9. The van der Waals surface area contributed by atoms with Gasteiger partial charge in [-0.15, -0.1) is 5.54 Å². The van der Waals surface area contributed by atoms with Gasteiger partial charge in [0.05, 0.1) is 19.8 Å². The molecule has 1 aromatic rings. The van der Waals surface area contributed by atoms with Gasteiger partial charge in [-0.05, 0) is 29.7 Å². The van der Waals surface area contributed by atoms with Crippen molar-refractivity contribution in [2.24, 2.45) is 10.8 Å². The number of ether oxygens (including phenoxy) is 3. The molecule has 3 saturated heterocycles. The van der Waals surface area contributed by atoms with Crippen LogP contribution in [0.5, 0.6) is 0 Å². The first-order chi connectivity index (χ1) is 11.1. The number of hydrogen-bond donors (Lipinski definition) is 0. The van der Waals surface area contributed by atoms with Gasteiger partial charge < -0.3 is 14.2 Å². The molecule has 4 rings (SSSR count). The van der Waals surface area contributed by atoms with Gasteiger partial charge in [0.15, 0.2) is 0 Å². The second kappa shape index (κ2) is 5.71. The van der Waals surface area contributed by atoms with Crippen LogP contribution in [-0.4, -0.2) is 27.9 Å². The maximum Gasteiger partial charge on any atom is 0.312 e. The van der Waals surface area contributed by atoms with Crippen molar-refractivity contribution in [1.82, 2.24) is 0 Å². The lowest BCUT2D eigenvalue weighted by Gasteiger charge is -2.56. The van der Waals surface area contributed by atoms with Crippen LogP contribution in [0.3, 0.4) is 0 Å². The first-order valence-corrected chi connectivity index (χ1v) is 12.1. The molecule has 0 aliphatic carbocycles. The molecular formula is C20H28O3Si. The number of hydrogen-bond acceptors (Lipinski definition) is 3. The van der Waals surface area contributed by atoms with Crippen LogP contribution in [0.2, 0.25) is 19.6 Å². The molecule has 3 heterocycles. The monoisotopic (exact) mass is 344 g/mol. The minimum absolute atomic E-state index is 0.0719. The summed E-state index contributed by atoms with van der Waals surface area (Å²) in [6.07, 6.45) is 0. The fraction of sp³-hybridized carbons (Fsp3) is 0.600. The zero-order valence-electron chi connectivity index (χ0n) is 15.7. The summed E-state index contributed by atoms with van der Waals surface area (Å²) in [5.74, 6) is 2.23. The van der Waals surface area contributed by atoms with Crippen LogP contribution >= 0.6 is 0 Å². The van der Waals surface area contributed by atoms with Crippen LogP contribution in [0.25, 0.3) is 0 Å². The van der Waals surface area contributed by atoms with Crippen LogP contribution < -0.4 is 0 Å². The minimum Gasteiger partial charge on any atom is -0.323 e. The summed E-state index contributed by atoms with van der Waals surface area (Å²) in [6.45, 7) is 15.4. The molecule has 0 aromatic heterocycles. The van der Waals surface area contributed by atoms with Gasteiger partial charge >= 0.3 is 5.97 Å². The van der Waals surface area contributed by atoms with E-state index in [0.29, 0.717) is 19.8 Å². The van der Waals surface area contributed by atoms with Crippen molar-refractivity contribution in [3.63, 3.8) is 0 Å². The first kappa shape index (κ1) is 17.7. The average molecular weight is 345 g/mol. The predicted octanol–water partition coefficient (Wildman–Crippen LogP) is 4.14. The number of fused-ring (bicyclic) bond motifs is 3. The van der Waals surface area contributed by atoms with Crippen LogP contribution in [0.15, 0.2) is 24.3 Å². The molecule has 0 spiro atoms. The molecule has 0 amide bonds. The van der Waals surface area contributed by atoms with Gasteiger partial charge in [0.1, 0.15) is 8.07 Å². The Morgan fingerprint density at radius 3 is 1.83 bits per heavy atom. The highest BCUT2D eigenvalue weighted by atomic mass is 28.3. The lowest BCUT2D eigenvalue weighted by Crippen LogP contribution is -2.62. The third kappa shape index (κ3) is 3.19. The molecule has 3 nitrogen and oxygen atoms in total. The van der Waals surface area contributed by atoms with Gasteiger partial charge in [-0.3, -0.25) is 0 Å². The zero-order chi connectivity index (χ0) is 17.6. The van der Waals surface area contributed by atoms with E-state index in [0.717, 1.165) is 11.1 Å². The van der Waals surface area contributed by atoms with E-state index in [1.165, 1.54) is 0 Å². The summed E-state index contributed by atoms with van der Waals surface area (Å²) in [7, 11) is -1.36. The zero-order valence-corrected chi connectivity index (χ0v) is 16.7. The molecule has 2 bridgehead atoms. The van der Waals surface area contributed by atoms with E-state index in [1.807, 2.05) is 24.3 Å². The summed E-state index contributed by atoms with van der Waals surface area (Å²) >= 11 is 0. The van der Waals surface area contributed by atoms with Gasteiger partial charge in [-0.25, -0.2) is 0 Å². The third-order valence-electron chi connectivity index (χ3n) is 5.03. The van der Waals surface area contributed by atoms with E-state index in [-0.39, 0.29) is 10.8 Å². The minimum atomic E-state index is -1.36. The number of benzene rings is 1. The summed E-state index contributed by atoms with van der Waals surface area (Å²) in [6, 6.07) is 8.05. The van der Waals surface area contributed by atoms with E-state index in [1.54, 1.807) is 0 Å². The first-order valence-electron chi connectivity index (χ1n) is 8.61. The lowest BCUT2D eigenvalue weighted by molar-refractivity contribution is -0.489. The van der Waals surface area contributed by atoms with Crippen molar-refractivity contribution in [3.8, 4) is 11.5 Å². The molecule has 3 aliphatic heterocycles. The van der Waals surface area contributed by atoms with E-state index >= 15 is 0 Å². The average Bonchev–Trinajstić information content (AvgIpc) is 2.53. The molecule has 1 aromatic carbocycles. The van der Waals surface area contributed by atoms with Crippen molar-refractivity contribution in [2.45, 2.75) is 46.4 Å². The van der Waals surface area contributed by atoms with Gasteiger partial charge in [-0.1, -0.05) is 46.3 Å². The molecule has 0 N–H and O–H groups in total. The lowest BCUT2D eigenvalue weighted by atomic mass is 9.67. The second-order valence-corrected chi connectivity index (χ2v) is 13.8. The van der Waals surface area contributed by atoms with Crippen LogP contribution in [0.4, 0.5) is 0 Å². The highest BCUT2D eigenvalue weighted by Crippen LogP contribution is 2.51. The Balaban J connectivity index is 1.78. The summed E-state index contributed by atoms with van der Waals surface area (Å²) in [5.41, 5.74) is 5.32. The second-order valence-electron chi connectivity index (χ2n) is 9.03. The highest BCUT2D eigenvalue weighted by molar-refractivity contribution is 6.83. The van der Waals surface area contributed by atoms with Gasteiger partial charge in [0.25, 0.3) is 0 Å². The molecule has 4 heteroatoms. The molecule has 0 unspecified atom stereocenters. The summed E-state index contributed by atoms with van der Waals surface area (Å²) in [4.78, 5) is 0. The largest absolute Gasteiger partial charge is 0.323 e. The Morgan fingerprint density at radius 2 is 1.42 bits per heavy atom. The Morgan fingerprint density at radius 1 is 0.917 bits per heavy atom. The Labute approximate surface area is 146 Å². The van der Waals surface area contributed by atoms with Crippen LogP contribution in [-0.2, 0) is 20.2 Å². The number of rotatable bonds is 1. The Hall–Kier alpha value is -1.12. The molecule has 130 valence electrons. The van der Waals surface area contributed by atoms with E-state index in [9.17, 15) is 0 Å². The van der Waals surface area contributed by atoms with Crippen molar-refractivity contribution < 1.29 is 14.2 Å². The molecule has 0 radical (unpaired) electrons. The standard InChI is InChI=1S/C20H28O3Si/c1-18(2,3)19-13-21-20(22-14-19,23-15-19)17-9-7-16(8-10-17)11-12-24(4,5)6/h7-10H,13-15H2,1-6H3. The molecule has 3 fully saturated rings. The quantitative estimate of drug-likeness (QED) is 0.566. The fourth-order valence-corrected chi connectivity index (χ4v) is 3.39. The van der Waals surface area contributed by atoms with Gasteiger partial charge in [0, 0.05) is 16.5 Å². The maximum atomic E-state index is 6.06. The smallest absolute Gasteiger partial charge is 0.312 e. The van der Waals surface area contributed by atoms with Crippen molar-refractivity contribution >= 4 is 8.07 Å². The Kier molecular flexibility index (Phi) is 4.21. The predicted molar refractivity (Wildman–Crippen MR) is 98.1 cm³/mol. The van der Waals surface area contributed by atoms with E-state index in [4.69, 9.17) is 14.2 Å². The molecule has 24 heavy (non-hydrogen) atoms. The van der Waals surface area contributed by atoms with Crippen LogP contribution in [0, 0.1) is 22.3 Å². The van der Waals surface area contributed by atoms with Crippen molar-refractivity contribution in [1.29, 1.82) is 0 Å². The van der Waals surface area contributed by atoms with Gasteiger partial charge in [-0.2, -0.15) is 0 Å². The molecule has 0 atom stereocenters. The van der Waals surface area contributed by atoms with E-state index < -0.39 is 14.0 Å². The third-order valence-corrected chi connectivity index (χ3v) is 5.90. The Bertz CT molecular complexity index is 644.